The van der Waals surface area contributed by atoms with Crippen LogP contribution in [0.15, 0.2) is 46.3 Å². The fraction of sp³-hybridized carbons (Fsp3) is 0.250. The normalized spacial score (nSPS) is 13.1. The minimum Gasteiger partial charge on any atom is -0.469 e. The number of carbonyl (C=O) groups excluding carboxylic acids is 2. The lowest BCUT2D eigenvalue weighted by Gasteiger charge is -2.05. The largest absolute Gasteiger partial charge is 0.469 e. The fourth-order valence-electron chi connectivity index (χ4n) is 2.88. The van der Waals surface area contributed by atoms with Crippen molar-refractivity contribution >= 4 is 56.8 Å². The summed E-state index contributed by atoms with van der Waals surface area (Å²) in [6, 6.07) is 11.0. The molecular formula is C20H17ClN2O5S2. The maximum absolute atomic E-state index is 12.5. The predicted molar refractivity (Wildman–Crippen MR) is 115 cm³/mol. The Hall–Kier alpha value is -2.49. The third-order valence-electron chi connectivity index (χ3n) is 4.34. The molecule has 1 aliphatic heterocycles. The molecule has 1 amide bonds. The molecular weight excluding hydrogens is 448 g/mol. The van der Waals surface area contributed by atoms with Crippen LogP contribution in [0.25, 0.3) is 10.2 Å². The first-order valence-electron chi connectivity index (χ1n) is 8.99. The molecule has 10 heteroatoms. The van der Waals surface area contributed by atoms with E-state index < -0.39 is 0 Å². The van der Waals surface area contributed by atoms with Crippen molar-refractivity contribution in [2.75, 3.05) is 19.7 Å². The Morgan fingerprint density at radius 2 is 1.97 bits per heavy atom. The summed E-state index contributed by atoms with van der Waals surface area (Å²) < 4.78 is 18.4. The number of aryl methyl sites for hydroxylation is 1. The van der Waals surface area contributed by atoms with Crippen LogP contribution in [-0.2, 0) is 20.9 Å². The Morgan fingerprint density at radius 3 is 2.70 bits per heavy atom. The second-order valence-corrected chi connectivity index (χ2v) is 8.78. The van der Waals surface area contributed by atoms with Gasteiger partial charge in [0.15, 0.2) is 16.3 Å². The Kier molecular flexibility index (Phi) is 6.31. The number of fused-ring (bicyclic) bond motifs is 2. The van der Waals surface area contributed by atoms with E-state index in [4.69, 9.17) is 25.8 Å². The van der Waals surface area contributed by atoms with Crippen molar-refractivity contribution in [3.63, 3.8) is 0 Å². The molecule has 0 fully saturated rings. The van der Waals surface area contributed by atoms with Crippen LogP contribution in [0.4, 0.5) is 0 Å². The van der Waals surface area contributed by atoms with Crippen LogP contribution in [0.3, 0.4) is 0 Å². The lowest BCUT2D eigenvalue weighted by Crippen LogP contribution is -2.19. The van der Waals surface area contributed by atoms with Crippen LogP contribution in [0.1, 0.15) is 6.42 Å². The van der Waals surface area contributed by atoms with Gasteiger partial charge >= 0.3 is 5.97 Å². The van der Waals surface area contributed by atoms with Gasteiger partial charge < -0.3 is 18.8 Å². The first-order valence-corrected chi connectivity index (χ1v) is 11.2. The number of hydrogen-bond donors (Lipinski definition) is 0. The Balaban J connectivity index is 1.62. The van der Waals surface area contributed by atoms with Crippen molar-refractivity contribution in [3.8, 4) is 11.5 Å². The highest BCUT2D eigenvalue weighted by molar-refractivity contribution is 8.00. The van der Waals surface area contributed by atoms with Gasteiger partial charge in [-0.05, 0) is 24.3 Å². The Labute approximate surface area is 185 Å². The van der Waals surface area contributed by atoms with Gasteiger partial charge in [-0.15, -0.1) is 11.8 Å². The number of aromatic nitrogens is 1. The molecule has 0 aliphatic carbocycles. The molecule has 0 unspecified atom stereocenters. The van der Waals surface area contributed by atoms with Crippen molar-refractivity contribution in [1.29, 1.82) is 0 Å². The molecule has 30 heavy (non-hydrogen) atoms. The van der Waals surface area contributed by atoms with Gasteiger partial charge in [-0.25, -0.2) is 0 Å². The number of ether oxygens (including phenoxy) is 3. The maximum Gasteiger partial charge on any atom is 0.307 e. The minimum atomic E-state index is -0.335. The first kappa shape index (κ1) is 20.8. The average Bonchev–Trinajstić information content (AvgIpc) is 3.33. The Bertz CT molecular complexity index is 1170. The number of methoxy groups -OCH3 is 1. The van der Waals surface area contributed by atoms with E-state index in [2.05, 4.69) is 4.99 Å². The third-order valence-corrected chi connectivity index (χ3v) is 6.63. The highest BCUT2D eigenvalue weighted by Crippen LogP contribution is 2.37. The summed E-state index contributed by atoms with van der Waals surface area (Å²) in [7, 11) is 1.35. The standard InChI is InChI=1S/C20H17ClN2O5S2/c1-26-19(25)6-7-23-14-8-15-16(28-11-27-15)9-17(14)30-20(23)22-18(24)10-29-13-4-2-12(21)3-5-13/h2-5,8-9H,6-7,10-11H2,1H3. The molecule has 0 saturated carbocycles. The molecule has 0 bridgehead atoms. The lowest BCUT2D eigenvalue weighted by atomic mass is 10.3. The van der Waals surface area contributed by atoms with E-state index in [1.807, 2.05) is 28.8 Å². The molecule has 0 spiro atoms. The lowest BCUT2D eigenvalue weighted by molar-refractivity contribution is -0.140. The van der Waals surface area contributed by atoms with Crippen LogP contribution in [0.2, 0.25) is 5.02 Å². The van der Waals surface area contributed by atoms with Crippen LogP contribution in [-0.4, -0.2) is 36.1 Å². The van der Waals surface area contributed by atoms with Crippen LogP contribution < -0.4 is 14.3 Å². The van der Waals surface area contributed by atoms with Crippen molar-refractivity contribution in [3.05, 3.63) is 46.2 Å². The third kappa shape index (κ3) is 4.63. The summed E-state index contributed by atoms with van der Waals surface area (Å²) in [4.78, 5) is 29.9. The molecule has 0 N–H and O–H groups in total. The summed E-state index contributed by atoms with van der Waals surface area (Å²) in [5, 5.41) is 0.646. The van der Waals surface area contributed by atoms with Gasteiger partial charge in [0.2, 0.25) is 6.79 Å². The van der Waals surface area contributed by atoms with Gasteiger partial charge in [-0.1, -0.05) is 22.9 Å². The van der Waals surface area contributed by atoms with Crippen LogP contribution in [0, 0.1) is 0 Å². The van der Waals surface area contributed by atoms with Crippen molar-refractivity contribution < 1.29 is 23.8 Å². The number of hydrogen-bond acceptors (Lipinski definition) is 7. The molecule has 0 radical (unpaired) electrons. The topological polar surface area (TPSA) is 79.1 Å². The zero-order valence-electron chi connectivity index (χ0n) is 15.9. The minimum absolute atomic E-state index is 0.164. The highest BCUT2D eigenvalue weighted by Gasteiger charge is 2.18. The van der Waals surface area contributed by atoms with Crippen LogP contribution in [0.5, 0.6) is 11.5 Å². The summed E-state index contributed by atoms with van der Waals surface area (Å²) >= 11 is 8.64. The van der Waals surface area contributed by atoms with E-state index in [1.165, 1.54) is 30.2 Å². The Morgan fingerprint density at radius 1 is 1.23 bits per heavy atom. The van der Waals surface area contributed by atoms with E-state index >= 15 is 0 Å². The van der Waals surface area contributed by atoms with E-state index in [0.717, 1.165) is 15.1 Å². The first-order chi connectivity index (χ1) is 14.5. The zero-order chi connectivity index (χ0) is 21.1. The predicted octanol–water partition coefficient (Wildman–Crippen LogP) is 3.87. The summed E-state index contributed by atoms with van der Waals surface area (Å²) in [5.41, 5.74) is 0.824. The molecule has 3 aromatic rings. The SMILES string of the molecule is COC(=O)CCn1c(=NC(=O)CSc2ccc(Cl)cc2)sc2cc3c(cc21)OCO3. The molecule has 0 atom stereocenters. The van der Waals surface area contributed by atoms with E-state index in [9.17, 15) is 9.59 Å². The van der Waals surface area contributed by atoms with E-state index in [0.29, 0.717) is 27.9 Å². The van der Waals surface area contributed by atoms with Crippen molar-refractivity contribution in [1.82, 2.24) is 4.57 Å². The van der Waals surface area contributed by atoms with Gasteiger partial charge in [0, 0.05) is 28.6 Å². The molecule has 2 aromatic carbocycles. The highest BCUT2D eigenvalue weighted by atomic mass is 35.5. The monoisotopic (exact) mass is 464 g/mol. The summed E-state index contributed by atoms with van der Waals surface area (Å²) in [6.45, 7) is 0.509. The number of benzene rings is 2. The number of amides is 1. The average molecular weight is 465 g/mol. The number of nitrogens with zero attached hydrogens (tertiary/aromatic N) is 2. The fourth-order valence-corrected chi connectivity index (χ4v) is 4.77. The molecule has 4 rings (SSSR count). The van der Waals surface area contributed by atoms with E-state index in [1.54, 1.807) is 12.1 Å². The van der Waals surface area contributed by atoms with Gasteiger partial charge in [0.25, 0.3) is 5.91 Å². The second kappa shape index (κ2) is 9.11. The summed E-state index contributed by atoms with van der Waals surface area (Å²) in [5.74, 6) is 0.866. The number of thiazole rings is 1. The zero-order valence-corrected chi connectivity index (χ0v) is 18.3. The van der Waals surface area contributed by atoms with E-state index in [-0.39, 0.29) is 30.8 Å². The molecule has 1 aromatic heterocycles. The van der Waals surface area contributed by atoms with Gasteiger partial charge in [0.05, 0.1) is 29.5 Å². The number of esters is 1. The van der Waals surface area contributed by atoms with Crippen molar-refractivity contribution in [2.24, 2.45) is 4.99 Å². The number of thioether (sulfide) groups is 1. The number of halogens is 1. The molecule has 1 aliphatic rings. The maximum atomic E-state index is 12.5. The number of carbonyl (C=O) groups is 2. The van der Waals surface area contributed by atoms with Gasteiger partial charge in [-0.3, -0.25) is 9.59 Å². The smallest absolute Gasteiger partial charge is 0.307 e. The quantitative estimate of drug-likeness (QED) is 0.407. The molecule has 7 nitrogen and oxygen atoms in total. The van der Waals surface area contributed by atoms with Crippen LogP contribution >= 0.6 is 34.7 Å². The summed E-state index contributed by atoms with van der Waals surface area (Å²) in [6.07, 6.45) is 0.164. The van der Waals surface area contributed by atoms with Gasteiger partial charge in [0.1, 0.15) is 0 Å². The van der Waals surface area contributed by atoms with Gasteiger partial charge in [-0.2, -0.15) is 4.99 Å². The van der Waals surface area contributed by atoms with Crippen molar-refractivity contribution in [2.45, 2.75) is 17.9 Å². The molecule has 0 saturated heterocycles. The number of rotatable bonds is 6. The molecule has 156 valence electrons. The second-order valence-electron chi connectivity index (χ2n) is 6.28. The molecule has 2 heterocycles.